The number of rotatable bonds is 4. The molecule has 0 radical (unpaired) electrons. The molecular formula is C4H12ClO4P. The van der Waals surface area contributed by atoms with Gasteiger partial charge < -0.3 is 0 Å². The van der Waals surface area contributed by atoms with Crippen LogP contribution in [0.2, 0.25) is 0 Å². The van der Waals surface area contributed by atoms with Gasteiger partial charge in [-0.15, -0.1) is 0 Å². The Hall–Kier alpha value is 0.560. The van der Waals surface area contributed by atoms with E-state index >= 15 is 0 Å². The molecule has 0 unspecified atom stereocenters. The molecule has 0 aliphatic rings. The zero-order valence-corrected chi connectivity index (χ0v) is 7.60. The molecule has 0 aliphatic carbocycles. The molecule has 0 saturated carbocycles. The van der Waals surface area contributed by atoms with E-state index in [1.807, 2.05) is 0 Å². The summed E-state index contributed by atoms with van der Waals surface area (Å²) in [7, 11) is 0. The van der Waals surface area contributed by atoms with Crippen molar-refractivity contribution in [1.82, 2.24) is 0 Å². The van der Waals surface area contributed by atoms with E-state index in [1.165, 1.54) is 0 Å². The van der Waals surface area contributed by atoms with Crippen molar-refractivity contribution < 1.29 is 18.8 Å². The first kappa shape index (κ1) is 10.6. The van der Waals surface area contributed by atoms with E-state index < -0.39 is 6.86 Å². The standard InChI is InChI=1S/C4H12ClO4P/c1-3-8-10(5,6,7)9-4-2/h6-7H,3-4H2,1-2H3. The molecule has 0 atom stereocenters. The van der Waals surface area contributed by atoms with Crippen molar-refractivity contribution in [3.63, 3.8) is 0 Å². The zero-order valence-electron chi connectivity index (χ0n) is 5.95. The topological polar surface area (TPSA) is 58.9 Å². The van der Waals surface area contributed by atoms with Gasteiger partial charge in [-0.2, -0.15) is 0 Å². The second-order valence-corrected chi connectivity index (χ2v) is 5.43. The van der Waals surface area contributed by atoms with Crippen molar-refractivity contribution in [1.29, 1.82) is 0 Å². The molecule has 0 heterocycles. The molecule has 0 aliphatic heterocycles. The second-order valence-electron chi connectivity index (χ2n) is 1.62. The van der Waals surface area contributed by atoms with E-state index in [1.54, 1.807) is 13.8 Å². The van der Waals surface area contributed by atoms with E-state index in [4.69, 9.17) is 21.0 Å². The quantitative estimate of drug-likeness (QED) is 0.658. The summed E-state index contributed by atoms with van der Waals surface area (Å²) >= 11 is 5.19. The van der Waals surface area contributed by atoms with Crippen molar-refractivity contribution in [3.8, 4) is 0 Å². The van der Waals surface area contributed by atoms with Gasteiger partial charge in [-0.25, -0.2) is 0 Å². The first-order valence-corrected chi connectivity index (χ1v) is 5.81. The summed E-state index contributed by atoms with van der Waals surface area (Å²) in [6.07, 6.45) is 0. The molecule has 64 valence electrons. The molecule has 0 aromatic heterocycles. The molecule has 0 spiro atoms. The summed E-state index contributed by atoms with van der Waals surface area (Å²) in [6.45, 7) is -1.29. The van der Waals surface area contributed by atoms with Gasteiger partial charge in [0, 0.05) is 0 Å². The fourth-order valence-electron chi connectivity index (χ4n) is 0.471. The predicted octanol–water partition coefficient (Wildman–Crippen LogP) is 1.41. The fourth-order valence-corrected chi connectivity index (χ4v) is 2.00. The van der Waals surface area contributed by atoms with E-state index in [-0.39, 0.29) is 13.2 Å². The van der Waals surface area contributed by atoms with Crippen LogP contribution >= 0.6 is 18.1 Å². The molecule has 0 bridgehead atoms. The van der Waals surface area contributed by atoms with E-state index in [0.717, 1.165) is 0 Å². The Morgan fingerprint density at radius 1 is 1.20 bits per heavy atom. The van der Waals surface area contributed by atoms with Gasteiger partial charge in [0.15, 0.2) is 0 Å². The Labute approximate surface area is 64.8 Å². The predicted molar refractivity (Wildman–Crippen MR) is 40.5 cm³/mol. The maximum absolute atomic E-state index is 8.99. The first-order chi connectivity index (χ1) is 4.39. The van der Waals surface area contributed by atoms with E-state index in [0.29, 0.717) is 0 Å². The summed E-state index contributed by atoms with van der Waals surface area (Å²) in [5.74, 6) is 0. The van der Waals surface area contributed by atoms with Gasteiger partial charge in [-0.05, 0) is 0 Å². The fraction of sp³-hybridized carbons (Fsp3) is 1.00. The summed E-state index contributed by atoms with van der Waals surface area (Å²) < 4.78 is 8.88. The van der Waals surface area contributed by atoms with Crippen LogP contribution in [0, 0.1) is 0 Å². The van der Waals surface area contributed by atoms with Crippen LogP contribution < -0.4 is 0 Å². The van der Waals surface area contributed by atoms with Crippen LogP contribution in [0.4, 0.5) is 0 Å². The van der Waals surface area contributed by atoms with E-state index in [9.17, 15) is 0 Å². The minimum absolute atomic E-state index is 0.105. The molecule has 6 heteroatoms. The Morgan fingerprint density at radius 3 is 1.70 bits per heavy atom. The third kappa shape index (κ3) is 4.39. The van der Waals surface area contributed by atoms with Gasteiger partial charge in [-0.1, -0.05) is 0 Å². The SMILES string of the molecule is CCOP(O)(O)(Cl)OCC. The Kier molecular flexibility index (Phi) is 3.49. The van der Waals surface area contributed by atoms with Crippen molar-refractivity contribution in [2.45, 2.75) is 13.8 Å². The minimum atomic E-state index is -4.69. The summed E-state index contributed by atoms with van der Waals surface area (Å²) in [4.78, 5) is 18.0. The van der Waals surface area contributed by atoms with Crippen LogP contribution in [0.25, 0.3) is 0 Å². The van der Waals surface area contributed by atoms with Gasteiger partial charge in [-0.3, -0.25) is 0 Å². The van der Waals surface area contributed by atoms with Crippen LogP contribution in [0.1, 0.15) is 13.8 Å². The molecule has 0 fully saturated rings. The normalized spacial score (nSPS) is 16.3. The molecule has 10 heavy (non-hydrogen) atoms. The van der Waals surface area contributed by atoms with Crippen LogP contribution in [-0.2, 0) is 9.05 Å². The van der Waals surface area contributed by atoms with Gasteiger partial charge in [0.05, 0.1) is 0 Å². The third-order valence-corrected chi connectivity index (χ3v) is 2.66. The molecule has 0 rings (SSSR count). The number of halogens is 1. The van der Waals surface area contributed by atoms with Crippen LogP contribution in [0.3, 0.4) is 0 Å². The van der Waals surface area contributed by atoms with Gasteiger partial charge in [0.1, 0.15) is 0 Å². The van der Waals surface area contributed by atoms with Crippen LogP contribution in [-0.4, -0.2) is 23.0 Å². The summed E-state index contributed by atoms with van der Waals surface area (Å²) in [5, 5.41) is 0. The number of hydrogen-bond donors (Lipinski definition) is 2. The summed E-state index contributed by atoms with van der Waals surface area (Å²) in [6, 6.07) is 0. The molecule has 0 amide bonds. The Morgan fingerprint density at radius 2 is 1.50 bits per heavy atom. The van der Waals surface area contributed by atoms with Crippen molar-refractivity contribution in [2.24, 2.45) is 0 Å². The Bertz CT molecular complexity index is 99.6. The van der Waals surface area contributed by atoms with Crippen molar-refractivity contribution >= 4 is 18.1 Å². The van der Waals surface area contributed by atoms with Crippen molar-refractivity contribution in [2.75, 3.05) is 13.2 Å². The summed E-state index contributed by atoms with van der Waals surface area (Å²) in [5.41, 5.74) is 0. The van der Waals surface area contributed by atoms with Gasteiger partial charge in [0.2, 0.25) is 0 Å². The van der Waals surface area contributed by atoms with Crippen LogP contribution in [0.15, 0.2) is 0 Å². The second kappa shape index (κ2) is 3.30. The monoisotopic (exact) mass is 190 g/mol. The molecule has 0 saturated heterocycles. The van der Waals surface area contributed by atoms with E-state index in [2.05, 4.69) is 9.05 Å². The Balaban J connectivity index is 3.97. The molecule has 0 aromatic rings. The molecule has 4 nitrogen and oxygen atoms in total. The average molecular weight is 191 g/mol. The maximum atomic E-state index is 8.99. The first-order valence-electron chi connectivity index (χ1n) is 2.93. The zero-order chi connectivity index (χ0) is 8.28. The van der Waals surface area contributed by atoms with Crippen LogP contribution in [0.5, 0.6) is 0 Å². The van der Waals surface area contributed by atoms with Gasteiger partial charge >= 0.3 is 64.0 Å². The molecule has 0 aromatic carbocycles. The molecule has 2 N–H and O–H groups in total. The average Bonchev–Trinajstić information content (AvgIpc) is 1.61. The molecular weight excluding hydrogens is 178 g/mol. The number of hydrogen-bond acceptors (Lipinski definition) is 4. The van der Waals surface area contributed by atoms with Gasteiger partial charge in [0.25, 0.3) is 0 Å². The third-order valence-electron chi connectivity index (χ3n) is 0.692. The van der Waals surface area contributed by atoms with Crippen molar-refractivity contribution in [3.05, 3.63) is 0 Å².